The van der Waals surface area contributed by atoms with Gasteiger partial charge in [0.2, 0.25) is 5.95 Å². The number of hydrogen-bond donors (Lipinski definition) is 2. The van der Waals surface area contributed by atoms with Crippen LogP contribution in [0.1, 0.15) is 22.7 Å². The lowest BCUT2D eigenvalue weighted by Crippen LogP contribution is -2.20. The van der Waals surface area contributed by atoms with Crippen LogP contribution in [0.3, 0.4) is 0 Å². The van der Waals surface area contributed by atoms with Gasteiger partial charge in [-0.25, -0.2) is 4.68 Å². The predicted octanol–water partition coefficient (Wildman–Crippen LogP) is 4.89. The van der Waals surface area contributed by atoms with Gasteiger partial charge in [-0.3, -0.25) is 20.2 Å². The lowest BCUT2D eigenvalue weighted by Gasteiger charge is -2.24. The summed E-state index contributed by atoms with van der Waals surface area (Å²) in [7, 11) is 0. The Balaban J connectivity index is 1.39. The molecule has 0 fully saturated rings. The number of allylic oxidation sites excluding steroid dienone is 1. The van der Waals surface area contributed by atoms with Crippen molar-refractivity contribution in [3.05, 3.63) is 124 Å². The fourth-order valence-corrected chi connectivity index (χ4v) is 3.79. The van der Waals surface area contributed by atoms with Crippen molar-refractivity contribution in [2.24, 2.45) is 0 Å². The maximum atomic E-state index is 12.5. The molecule has 0 radical (unpaired) electrons. The third kappa shape index (κ3) is 4.83. The smallest absolute Gasteiger partial charge is 0.270 e. The number of nitrogens with one attached hydrogen (secondary N) is 2. The highest BCUT2D eigenvalue weighted by Crippen LogP contribution is 2.33. The van der Waals surface area contributed by atoms with Gasteiger partial charge >= 0.3 is 0 Å². The summed E-state index contributed by atoms with van der Waals surface area (Å²) in [5.41, 5.74) is 3.41. The number of anilines is 2. The van der Waals surface area contributed by atoms with Crippen molar-refractivity contribution in [2.75, 3.05) is 10.6 Å². The first kappa shape index (κ1) is 21.8. The third-order valence-corrected chi connectivity index (χ3v) is 5.43. The Bertz CT molecular complexity index is 1440. The zero-order valence-corrected chi connectivity index (χ0v) is 18.4. The van der Waals surface area contributed by atoms with Crippen LogP contribution in [0.15, 0.2) is 97.1 Å². The Morgan fingerprint density at radius 3 is 2.51 bits per heavy atom. The molecule has 0 saturated carbocycles. The van der Waals surface area contributed by atoms with Gasteiger partial charge in [0.05, 0.1) is 4.92 Å². The molecule has 1 unspecified atom stereocenters. The number of nitrogens with zero attached hydrogens (tertiary/aromatic N) is 4. The van der Waals surface area contributed by atoms with Crippen molar-refractivity contribution in [3.8, 4) is 0 Å². The summed E-state index contributed by atoms with van der Waals surface area (Å²) in [5, 5.41) is 21.4. The van der Waals surface area contributed by atoms with E-state index in [1.165, 1.54) is 24.3 Å². The van der Waals surface area contributed by atoms with E-state index in [1.54, 1.807) is 16.8 Å². The fraction of sp³-hybridized carbons (Fsp3) is 0.0385. The Morgan fingerprint density at radius 1 is 1.03 bits per heavy atom. The van der Waals surface area contributed by atoms with Crippen LogP contribution >= 0.6 is 0 Å². The highest BCUT2D eigenvalue weighted by molar-refractivity contribution is 6.01. The number of nitro groups is 1. The van der Waals surface area contributed by atoms with E-state index in [0.29, 0.717) is 11.5 Å². The highest BCUT2D eigenvalue weighted by atomic mass is 16.6. The maximum absolute atomic E-state index is 12.5. The number of carbonyl (C=O) groups is 1. The number of nitro benzene ring substituents is 1. The fourth-order valence-electron chi connectivity index (χ4n) is 3.79. The van der Waals surface area contributed by atoms with Gasteiger partial charge < -0.3 is 5.32 Å². The van der Waals surface area contributed by atoms with Gasteiger partial charge in [-0.2, -0.15) is 4.98 Å². The standard InChI is InChI=1S/C26H20N6O3/c33-24(15-14-18-8-7-13-21(16-18)32(34)35)28-25-29-26-27-22(19-9-3-1-4-10-19)17-23(31(26)30-25)20-11-5-2-6-12-20/h1-17,23H,(H2,27,28,29,30,33)/b15-14+. The largest absolute Gasteiger partial charge is 0.324 e. The van der Waals surface area contributed by atoms with E-state index in [4.69, 9.17) is 0 Å². The number of rotatable bonds is 6. The van der Waals surface area contributed by atoms with Gasteiger partial charge in [-0.05, 0) is 28.8 Å². The van der Waals surface area contributed by atoms with Crippen molar-refractivity contribution in [1.82, 2.24) is 14.8 Å². The summed E-state index contributed by atoms with van der Waals surface area (Å²) in [6.07, 6.45) is 4.85. The van der Waals surface area contributed by atoms with Gasteiger partial charge in [-0.15, -0.1) is 5.10 Å². The lowest BCUT2D eigenvalue weighted by atomic mass is 10.0. The van der Waals surface area contributed by atoms with Gasteiger partial charge in [0.1, 0.15) is 6.04 Å². The van der Waals surface area contributed by atoms with Gasteiger partial charge in [0, 0.05) is 23.9 Å². The number of benzene rings is 3. The molecule has 1 aliphatic rings. The van der Waals surface area contributed by atoms with E-state index in [9.17, 15) is 14.9 Å². The maximum Gasteiger partial charge on any atom is 0.270 e. The molecule has 4 aromatic rings. The first-order chi connectivity index (χ1) is 17.1. The van der Waals surface area contributed by atoms with E-state index < -0.39 is 10.8 Å². The van der Waals surface area contributed by atoms with Gasteiger partial charge in [0.15, 0.2) is 0 Å². The van der Waals surface area contributed by atoms with E-state index in [1.807, 2.05) is 60.7 Å². The second-order valence-electron chi connectivity index (χ2n) is 7.81. The molecule has 5 rings (SSSR count). The number of aromatic nitrogens is 3. The normalized spacial score (nSPS) is 14.6. The molecule has 0 aliphatic carbocycles. The first-order valence-electron chi connectivity index (χ1n) is 10.9. The first-order valence-corrected chi connectivity index (χ1v) is 10.9. The van der Waals surface area contributed by atoms with Crippen molar-refractivity contribution in [2.45, 2.75) is 6.04 Å². The summed E-state index contributed by atoms with van der Waals surface area (Å²) >= 11 is 0. The van der Waals surface area contributed by atoms with Gasteiger partial charge in [-0.1, -0.05) is 72.8 Å². The summed E-state index contributed by atoms with van der Waals surface area (Å²) in [4.78, 5) is 27.4. The van der Waals surface area contributed by atoms with E-state index in [2.05, 4.69) is 26.8 Å². The van der Waals surface area contributed by atoms with Crippen LogP contribution < -0.4 is 10.6 Å². The molecule has 1 aromatic heterocycles. The number of fused-ring (bicyclic) bond motifs is 1. The molecule has 0 bridgehead atoms. The minimum Gasteiger partial charge on any atom is -0.324 e. The van der Waals surface area contributed by atoms with Crippen LogP contribution in [-0.4, -0.2) is 25.6 Å². The molecule has 0 spiro atoms. The number of non-ortho nitro benzene ring substituents is 1. The summed E-state index contributed by atoms with van der Waals surface area (Å²) < 4.78 is 1.72. The van der Waals surface area contributed by atoms with E-state index in [-0.39, 0.29) is 17.7 Å². The Labute approximate surface area is 200 Å². The second-order valence-corrected chi connectivity index (χ2v) is 7.81. The quantitative estimate of drug-likeness (QED) is 0.238. The van der Waals surface area contributed by atoms with E-state index >= 15 is 0 Å². The number of amides is 1. The molecule has 0 saturated heterocycles. The third-order valence-electron chi connectivity index (χ3n) is 5.43. The second kappa shape index (κ2) is 9.44. The number of carbonyl (C=O) groups excluding carboxylic acids is 1. The molecular weight excluding hydrogens is 444 g/mol. The minimum absolute atomic E-state index is 0.0456. The molecule has 3 aromatic carbocycles. The Hall–Kier alpha value is -5.05. The summed E-state index contributed by atoms with van der Waals surface area (Å²) in [6, 6.07) is 25.6. The highest BCUT2D eigenvalue weighted by Gasteiger charge is 2.25. The Morgan fingerprint density at radius 2 is 1.77 bits per heavy atom. The summed E-state index contributed by atoms with van der Waals surface area (Å²) in [5.74, 6) is 0.190. The molecule has 1 aliphatic heterocycles. The zero-order chi connectivity index (χ0) is 24.2. The molecule has 172 valence electrons. The molecule has 2 N–H and O–H groups in total. The Kier molecular flexibility index (Phi) is 5.87. The van der Waals surface area contributed by atoms with Crippen LogP contribution in [0.5, 0.6) is 0 Å². The van der Waals surface area contributed by atoms with Crippen molar-refractivity contribution < 1.29 is 9.72 Å². The lowest BCUT2D eigenvalue weighted by molar-refractivity contribution is -0.384. The molecule has 35 heavy (non-hydrogen) atoms. The van der Waals surface area contributed by atoms with Crippen LogP contribution in [0.4, 0.5) is 17.6 Å². The molecule has 1 atom stereocenters. The van der Waals surface area contributed by atoms with Crippen LogP contribution in [0, 0.1) is 10.1 Å². The molecule has 2 heterocycles. The minimum atomic E-state index is -0.481. The predicted molar refractivity (Wildman–Crippen MR) is 133 cm³/mol. The van der Waals surface area contributed by atoms with Crippen molar-refractivity contribution in [1.29, 1.82) is 0 Å². The average molecular weight is 464 g/mol. The summed E-state index contributed by atoms with van der Waals surface area (Å²) in [6.45, 7) is 0. The molecule has 9 heteroatoms. The average Bonchev–Trinajstić information content (AvgIpc) is 3.30. The number of hydrogen-bond acceptors (Lipinski definition) is 6. The molecular formula is C26H20N6O3. The monoisotopic (exact) mass is 464 g/mol. The molecule has 1 amide bonds. The topological polar surface area (TPSA) is 115 Å². The SMILES string of the molecule is O=C(/C=C/c1cccc([N+](=O)[O-])c1)Nc1nc2n(n1)C(c1ccccc1)C=C(c1ccccc1)N2. The van der Waals surface area contributed by atoms with Crippen molar-refractivity contribution >= 4 is 35.3 Å². The van der Waals surface area contributed by atoms with Crippen LogP contribution in [-0.2, 0) is 4.79 Å². The van der Waals surface area contributed by atoms with Crippen LogP contribution in [0.2, 0.25) is 0 Å². The van der Waals surface area contributed by atoms with Crippen molar-refractivity contribution in [3.63, 3.8) is 0 Å². The molecule has 9 nitrogen and oxygen atoms in total. The van der Waals surface area contributed by atoms with Crippen LogP contribution in [0.25, 0.3) is 11.8 Å². The van der Waals surface area contributed by atoms with Gasteiger partial charge in [0.25, 0.3) is 17.5 Å². The van der Waals surface area contributed by atoms with E-state index in [0.717, 1.165) is 16.8 Å². The zero-order valence-electron chi connectivity index (χ0n) is 18.4.